The molecule has 4 amide bonds. The van der Waals surface area contributed by atoms with Crippen LogP contribution < -0.4 is 10.2 Å². The number of piperazine rings is 1. The molecule has 3 saturated heterocycles. The highest BCUT2D eigenvalue weighted by Crippen LogP contribution is 2.31. The van der Waals surface area contributed by atoms with Crippen molar-refractivity contribution in [3.8, 4) is 0 Å². The van der Waals surface area contributed by atoms with Gasteiger partial charge in [-0.05, 0) is 24.6 Å². The molecule has 1 aromatic rings. The van der Waals surface area contributed by atoms with Crippen LogP contribution >= 0.6 is 0 Å². The highest BCUT2D eigenvalue weighted by atomic mass is 16.5. The predicted molar refractivity (Wildman–Crippen MR) is 119 cm³/mol. The monoisotopic (exact) mass is 455 g/mol. The van der Waals surface area contributed by atoms with E-state index in [1.165, 1.54) is 0 Å². The van der Waals surface area contributed by atoms with Crippen LogP contribution in [0.1, 0.15) is 33.6 Å². The quantitative estimate of drug-likeness (QED) is 0.596. The number of fused-ring (bicyclic) bond motifs is 1. The van der Waals surface area contributed by atoms with Gasteiger partial charge in [0.2, 0.25) is 11.8 Å². The molecule has 0 saturated carbocycles. The molecule has 4 aliphatic rings. The average molecular weight is 456 g/mol. The minimum absolute atomic E-state index is 0.116. The number of piperidine rings is 1. The Morgan fingerprint density at radius 3 is 2.21 bits per heavy atom. The van der Waals surface area contributed by atoms with Gasteiger partial charge in [0, 0.05) is 64.5 Å². The Labute approximate surface area is 192 Å². The standard InChI is InChI=1S/C23H29N5O5/c29-20-4-3-19(21(30)24-20)28-22(31)17-2-1-16(15-18(17)23(28)32)27-9-7-25(8-10-27)5-6-26-11-13-33-14-12-26/h1-2,15,19H,3-14H2,(H,24,29,30). The fourth-order valence-corrected chi connectivity index (χ4v) is 4.99. The number of carbonyl (C=O) groups excluding carboxylic acids is 4. The number of anilines is 1. The van der Waals surface area contributed by atoms with Gasteiger partial charge in [0.25, 0.3) is 11.8 Å². The fraction of sp³-hybridized carbons (Fsp3) is 0.565. The van der Waals surface area contributed by atoms with Crippen LogP contribution in [0.5, 0.6) is 0 Å². The topological polar surface area (TPSA) is 102 Å². The molecular formula is C23H29N5O5. The lowest BCUT2D eigenvalue weighted by Crippen LogP contribution is -2.54. The maximum absolute atomic E-state index is 13.1. The Balaban J connectivity index is 1.21. The van der Waals surface area contributed by atoms with Crippen LogP contribution in [0.15, 0.2) is 18.2 Å². The van der Waals surface area contributed by atoms with Gasteiger partial charge in [0.1, 0.15) is 6.04 Å². The summed E-state index contributed by atoms with van der Waals surface area (Å²) in [5.41, 5.74) is 1.56. The van der Waals surface area contributed by atoms with Crippen LogP contribution in [0.2, 0.25) is 0 Å². The van der Waals surface area contributed by atoms with Crippen LogP contribution in [0.25, 0.3) is 0 Å². The van der Waals surface area contributed by atoms with E-state index in [1.807, 2.05) is 6.07 Å². The lowest BCUT2D eigenvalue weighted by Gasteiger charge is -2.37. The third-order valence-corrected chi connectivity index (χ3v) is 7.00. The van der Waals surface area contributed by atoms with Crippen molar-refractivity contribution in [3.05, 3.63) is 29.3 Å². The number of imide groups is 2. The fourth-order valence-electron chi connectivity index (χ4n) is 4.99. The van der Waals surface area contributed by atoms with E-state index in [0.717, 1.165) is 76.2 Å². The number of hydrogen-bond acceptors (Lipinski definition) is 8. The van der Waals surface area contributed by atoms with Crippen LogP contribution in [-0.4, -0.2) is 110 Å². The summed E-state index contributed by atoms with van der Waals surface area (Å²) in [5.74, 6) is -1.90. The molecule has 3 fully saturated rings. The maximum Gasteiger partial charge on any atom is 0.262 e. The first-order valence-corrected chi connectivity index (χ1v) is 11.6. The summed E-state index contributed by atoms with van der Waals surface area (Å²) >= 11 is 0. The molecule has 4 heterocycles. The third-order valence-electron chi connectivity index (χ3n) is 7.00. The largest absolute Gasteiger partial charge is 0.379 e. The zero-order valence-corrected chi connectivity index (χ0v) is 18.6. The normalized spacial score (nSPS) is 24.9. The van der Waals surface area contributed by atoms with Crippen molar-refractivity contribution in [2.75, 3.05) is 70.5 Å². The van der Waals surface area contributed by atoms with Gasteiger partial charge in [-0.25, -0.2) is 0 Å². The van der Waals surface area contributed by atoms with Crippen LogP contribution in [-0.2, 0) is 14.3 Å². The molecule has 10 heteroatoms. The number of rotatable bonds is 5. The first-order valence-electron chi connectivity index (χ1n) is 11.6. The predicted octanol–water partition coefficient (Wildman–Crippen LogP) is -0.458. The van der Waals surface area contributed by atoms with Gasteiger partial charge in [-0.2, -0.15) is 0 Å². The van der Waals surface area contributed by atoms with Crippen molar-refractivity contribution in [1.29, 1.82) is 0 Å². The van der Waals surface area contributed by atoms with Gasteiger partial charge < -0.3 is 9.64 Å². The van der Waals surface area contributed by atoms with E-state index in [4.69, 9.17) is 4.74 Å². The summed E-state index contributed by atoms with van der Waals surface area (Å²) in [4.78, 5) is 57.7. The minimum Gasteiger partial charge on any atom is -0.379 e. The van der Waals surface area contributed by atoms with Crippen molar-refractivity contribution in [1.82, 2.24) is 20.0 Å². The molecule has 0 spiro atoms. The summed E-state index contributed by atoms with van der Waals surface area (Å²) in [6, 6.07) is 4.39. The second kappa shape index (κ2) is 9.20. The molecule has 5 rings (SSSR count). The number of nitrogens with zero attached hydrogens (tertiary/aromatic N) is 4. The zero-order chi connectivity index (χ0) is 22.9. The van der Waals surface area contributed by atoms with Crippen LogP contribution in [0.3, 0.4) is 0 Å². The highest BCUT2D eigenvalue weighted by Gasteiger charge is 2.44. The number of morpholine rings is 1. The van der Waals surface area contributed by atoms with E-state index in [1.54, 1.807) is 12.1 Å². The van der Waals surface area contributed by atoms with Crippen molar-refractivity contribution >= 4 is 29.3 Å². The first kappa shape index (κ1) is 22.0. The number of carbonyl (C=O) groups is 4. The Hall–Kier alpha value is -2.82. The lowest BCUT2D eigenvalue weighted by atomic mass is 10.0. The zero-order valence-electron chi connectivity index (χ0n) is 18.6. The second-order valence-electron chi connectivity index (χ2n) is 8.96. The third kappa shape index (κ3) is 4.38. The molecule has 10 nitrogen and oxygen atoms in total. The molecule has 1 N–H and O–H groups in total. The minimum atomic E-state index is -0.937. The molecule has 1 aromatic carbocycles. The van der Waals surface area contributed by atoms with Crippen LogP contribution in [0.4, 0.5) is 5.69 Å². The Kier molecular flexibility index (Phi) is 6.13. The number of hydrogen-bond donors (Lipinski definition) is 1. The smallest absolute Gasteiger partial charge is 0.262 e. The summed E-state index contributed by atoms with van der Waals surface area (Å²) < 4.78 is 5.41. The maximum atomic E-state index is 13.1. The van der Waals surface area contributed by atoms with Gasteiger partial charge in [-0.1, -0.05) is 0 Å². The van der Waals surface area contributed by atoms with E-state index in [2.05, 4.69) is 20.0 Å². The molecule has 0 radical (unpaired) electrons. The highest BCUT2D eigenvalue weighted by molar-refractivity contribution is 6.23. The number of ether oxygens (including phenoxy) is 1. The van der Waals surface area contributed by atoms with Crippen LogP contribution in [0, 0.1) is 0 Å². The van der Waals surface area contributed by atoms with E-state index >= 15 is 0 Å². The van der Waals surface area contributed by atoms with E-state index in [9.17, 15) is 19.2 Å². The van der Waals surface area contributed by atoms with Gasteiger partial charge >= 0.3 is 0 Å². The Morgan fingerprint density at radius 1 is 0.848 bits per heavy atom. The number of nitrogens with one attached hydrogen (secondary N) is 1. The second-order valence-corrected chi connectivity index (χ2v) is 8.96. The number of amides is 4. The number of benzene rings is 1. The molecule has 4 aliphatic heterocycles. The molecule has 1 atom stereocenters. The van der Waals surface area contributed by atoms with Crippen molar-refractivity contribution in [2.24, 2.45) is 0 Å². The first-order chi connectivity index (χ1) is 16.0. The van der Waals surface area contributed by atoms with E-state index in [0.29, 0.717) is 11.1 Å². The van der Waals surface area contributed by atoms with Crippen molar-refractivity contribution < 1.29 is 23.9 Å². The SMILES string of the molecule is O=C1CCC(N2C(=O)c3ccc(N4CCN(CCN5CCOCC5)CC4)cc3C2=O)C(=O)N1. The summed E-state index contributed by atoms with van der Waals surface area (Å²) in [6.45, 7) is 9.29. The van der Waals surface area contributed by atoms with E-state index < -0.39 is 23.8 Å². The lowest BCUT2D eigenvalue weighted by molar-refractivity contribution is -0.136. The Morgan fingerprint density at radius 2 is 1.52 bits per heavy atom. The molecule has 0 aliphatic carbocycles. The molecular weight excluding hydrogens is 426 g/mol. The molecule has 33 heavy (non-hydrogen) atoms. The summed E-state index contributed by atoms with van der Waals surface area (Å²) in [6.07, 6.45) is 0.278. The van der Waals surface area contributed by atoms with Gasteiger partial charge in [-0.15, -0.1) is 0 Å². The molecule has 0 bridgehead atoms. The summed E-state index contributed by atoms with van der Waals surface area (Å²) in [7, 11) is 0. The summed E-state index contributed by atoms with van der Waals surface area (Å²) in [5, 5.41) is 2.23. The molecule has 0 aromatic heterocycles. The average Bonchev–Trinajstić information content (AvgIpc) is 3.08. The molecule has 176 valence electrons. The van der Waals surface area contributed by atoms with Gasteiger partial charge in [-0.3, -0.25) is 39.2 Å². The van der Waals surface area contributed by atoms with Crippen molar-refractivity contribution in [3.63, 3.8) is 0 Å². The Bertz CT molecular complexity index is 968. The van der Waals surface area contributed by atoms with Crippen molar-refractivity contribution in [2.45, 2.75) is 18.9 Å². The molecule has 1 unspecified atom stereocenters. The van der Waals surface area contributed by atoms with Gasteiger partial charge in [0.05, 0.1) is 24.3 Å². The van der Waals surface area contributed by atoms with Gasteiger partial charge in [0.15, 0.2) is 0 Å². The van der Waals surface area contributed by atoms with E-state index in [-0.39, 0.29) is 18.7 Å².